The third kappa shape index (κ3) is 6.30. The molecule has 0 N–H and O–H groups in total. The molecule has 0 unspecified atom stereocenters. The van der Waals surface area contributed by atoms with Crippen molar-refractivity contribution in [2.45, 2.75) is 51.9 Å². The summed E-state index contributed by atoms with van der Waals surface area (Å²) in [6.45, 7) is 4.35. The van der Waals surface area contributed by atoms with Gasteiger partial charge in [0, 0.05) is 10.6 Å². The first kappa shape index (κ1) is 21.3. The number of aryl methyl sites for hydroxylation is 3. The Bertz CT molecular complexity index is 943. The lowest BCUT2D eigenvalue weighted by atomic mass is 9.86. The number of rotatable bonds is 9. The standard InChI is InChI=1S/C27H29ClO/c1-20-10-11-24(16-21(20)2)17-25(26-8-5-9-27(28)18-26)7-4-3-6-22-12-14-23(19-29)15-13-22/h5,8-16,18-19,25H,3-4,6-7,17H2,1-2H3/t25-/m0/s1. The normalized spacial score (nSPS) is 12.0. The van der Waals surface area contributed by atoms with Crippen LogP contribution in [0.2, 0.25) is 5.02 Å². The maximum Gasteiger partial charge on any atom is 0.150 e. The quantitative estimate of drug-likeness (QED) is 0.266. The average Bonchev–Trinajstić information content (AvgIpc) is 2.73. The smallest absolute Gasteiger partial charge is 0.150 e. The number of hydrogen-bond donors (Lipinski definition) is 0. The van der Waals surface area contributed by atoms with Crippen LogP contribution in [0.25, 0.3) is 0 Å². The minimum absolute atomic E-state index is 0.466. The van der Waals surface area contributed by atoms with Gasteiger partial charge in [-0.15, -0.1) is 0 Å². The zero-order valence-electron chi connectivity index (χ0n) is 17.3. The number of hydrogen-bond acceptors (Lipinski definition) is 1. The van der Waals surface area contributed by atoms with Crippen LogP contribution >= 0.6 is 11.6 Å². The Morgan fingerprint density at radius 2 is 1.62 bits per heavy atom. The highest BCUT2D eigenvalue weighted by Gasteiger charge is 2.13. The van der Waals surface area contributed by atoms with Crippen LogP contribution in [0.5, 0.6) is 0 Å². The minimum atomic E-state index is 0.466. The van der Waals surface area contributed by atoms with Gasteiger partial charge in [0.25, 0.3) is 0 Å². The number of aldehydes is 1. The lowest BCUT2D eigenvalue weighted by Crippen LogP contribution is -2.04. The number of halogens is 1. The van der Waals surface area contributed by atoms with Crippen molar-refractivity contribution < 1.29 is 4.79 Å². The van der Waals surface area contributed by atoms with E-state index in [1.165, 1.54) is 27.8 Å². The van der Waals surface area contributed by atoms with Crippen LogP contribution in [0.4, 0.5) is 0 Å². The molecule has 150 valence electrons. The highest BCUT2D eigenvalue weighted by Crippen LogP contribution is 2.29. The fraction of sp³-hybridized carbons (Fsp3) is 0.296. The second kappa shape index (κ2) is 10.4. The van der Waals surface area contributed by atoms with E-state index in [1.807, 2.05) is 18.2 Å². The fourth-order valence-electron chi connectivity index (χ4n) is 3.84. The second-order valence-electron chi connectivity index (χ2n) is 7.98. The van der Waals surface area contributed by atoms with Crippen LogP contribution in [0.1, 0.15) is 63.4 Å². The summed E-state index contributed by atoms with van der Waals surface area (Å²) < 4.78 is 0. The molecule has 0 spiro atoms. The molecule has 2 heteroatoms. The van der Waals surface area contributed by atoms with Gasteiger partial charge in [0.2, 0.25) is 0 Å². The molecule has 3 aromatic carbocycles. The van der Waals surface area contributed by atoms with Crippen molar-refractivity contribution in [3.05, 3.63) is 105 Å². The van der Waals surface area contributed by atoms with Gasteiger partial charge in [-0.05, 0) is 85.4 Å². The minimum Gasteiger partial charge on any atom is -0.298 e. The predicted molar refractivity (Wildman–Crippen MR) is 123 cm³/mol. The Balaban J connectivity index is 1.64. The highest BCUT2D eigenvalue weighted by molar-refractivity contribution is 6.30. The van der Waals surface area contributed by atoms with Gasteiger partial charge in [-0.3, -0.25) is 4.79 Å². The average molecular weight is 405 g/mol. The Kier molecular flexibility index (Phi) is 7.66. The van der Waals surface area contributed by atoms with Crippen molar-refractivity contribution in [3.8, 4) is 0 Å². The van der Waals surface area contributed by atoms with Gasteiger partial charge in [0.1, 0.15) is 6.29 Å². The largest absolute Gasteiger partial charge is 0.298 e. The molecule has 1 nitrogen and oxygen atoms in total. The number of benzene rings is 3. The lowest BCUT2D eigenvalue weighted by molar-refractivity contribution is 0.112. The van der Waals surface area contributed by atoms with Crippen LogP contribution in [0.3, 0.4) is 0 Å². The van der Waals surface area contributed by atoms with Crippen LogP contribution in [-0.2, 0) is 12.8 Å². The van der Waals surface area contributed by atoms with Gasteiger partial charge < -0.3 is 0 Å². The molecule has 0 saturated carbocycles. The molecule has 0 aliphatic heterocycles. The van der Waals surface area contributed by atoms with E-state index < -0.39 is 0 Å². The molecule has 0 amide bonds. The summed E-state index contributed by atoms with van der Waals surface area (Å²) in [6.07, 6.45) is 6.42. The Morgan fingerprint density at radius 3 is 2.31 bits per heavy atom. The van der Waals surface area contributed by atoms with Crippen molar-refractivity contribution in [1.82, 2.24) is 0 Å². The molecule has 0 aliphatic rings. The summed E-state index contributed by atoms with van der Waals surface area (Å²) in [7, 11) is 0. The molecule has 0 fully saturated rings. The summed E-state index contributed by atoms with van der Waals surface area (Å²) in [5.74, 6) is 0.466. The molecule has 0 bridgehead atoms. The summed E-state index contributed by atoms with van der Waals surface area (Å²) in [4.78, 5) is 10.8. The van der Waals surface area contributed by atoms with E-state index >= 15 is 0 Å². The predicted octanol–water partition coefficient (Wildman–Crippen LogP) is 7.51. The van der Waals surface area contributed by atoms with E-state index in [9.17, 15) is 4.79 Å². The van der Waals surface area contributed by atoms with Crippen molar-refractivity contribution in [1.29, 1.82) is 0 Å². The number of carbonyl (C=O) groups excluding carboxylic acids is 1. The third-order valence-corrected chi connectivity index (χ3v) is 5.99. The van der Waals surface area contributed by atoms with E-state index in [0.29, 0.717) is 5.92 Å². The molecule has 0 aromatic heterocycles. The van der Waals surface area contributed by atoms with E-state index in [4.69, 9.17) is 11.6 Å². The molecule has 0 radical (unpaired) electrons. The molecule has 29 heavy (non-hydrogen) atoms. The van der Waals surface area contributed by atoms with Gasteiger partial charge in [-0.1, -0.05) is 72.6 Å². The van der Waals surface area contributed by atoms with Crippen LogP contribution in [0.15, 0.2) is 66.7 Å². The molecule has 3 aromatic rings. The van der Waals surface area contributed by atoms with Gasteiger partial charge >= 0.3 is 0 Å². The van der Waals surface area contributed by atoms with Crippen molar-refractivity contribution in [2.24, 2.45) is 0 Å². The molecule has 3 rings (SSSR count). The molecular formula is C27H29ClO. The summed E-state index contributed by atoms with van der Waals surface area (Å²) in [5, 5.41) is 0.808. The lowest BCUT2D eigenvalue weighted by Gasteiger charge is -2.19. The fourth-order valence-corrected chi connectivity index (χ4v) is 4.04. The van der Waals surface area contributed by atoms with Gasteiger partial charge in [-0.2, -0.15) is 0 Å². The second-order valence-corrected chi connectivity index (χ2v) is 8.42. The monoisotopic (exact) mass is 404 g/mol. The molecule has 0 saturated heterocycles. The van der Waals surface area contributed by atoms with E-state index in [-0.39, 0.29) is 0 Å². The van der Waals surface area contributed by atoms with Crippen molar-refractivity contribution >= 4 is 17.9 Å². The maximum absolute atomic E-state index is 10.8. The van der Waals surface area contributed by atoms with E-state index in [1.54, 1.807) is 0 Å². The van der Waals surface area contributed by atoms with Crippen LogP contribution in [-0.4, -0.2) is 6.29 Å². The molecular weight excluding hydrogens is 376 g/mol. The van der Waals surface area contributed by atoms with E-state index in [2.05, 4.69) is 62.4 Å². The molecule has 0 aliphatic carbocycles. The Hall–Kier alpha value is -2.38. The van der Waals surface area contributed by atoms with Gasteiger partial charge in [0.05, 0.1) is 0 Å². The van der Waals surface area contributed by atoms with E-state index in [0.717, 1.165) is 49.0 Å². The summed E-state index contributed by atoms with van der Waals surface area (Å²) in [6, 6.07) is 23.1. The third-order valence-electron chi connectivity index (χ3n) is 5.76. The maximum atomic E-state index is 10.8. The molecule has 0 heterocycles. The topological polar surface area (TPSA) is 17.1 Å². The number of carbonyl (C=O) groups is 1. The number of unbranched alkanes of at least 4 members (excludes halogenated alkanes) is 1. The Morgan fingerprint density at radius 1 is 0.862 bits per heavy atom. The first-order valence-electron chi connectivity index (χ1n) is 10.4. The van der Waals surface area contributed by atoms with Crippen molar-refractivity contribution in [2.75, 3.05) is 0 Å². The van der Waals surface area contributed by atoms with Crippen LogP contribution in [0, 0.1) is 13.8 Å². The summed E-state index contributed by atoms with van der Waals surface area (Å²) >= 11 is 6.28. The zero-order chi connectivity index (χ0) is 20.6. The van der Waals surface area contributed by atoms with Gasteiger partial charge in [-0.25, -0.2) is 0 Å². The summed E-state index contributed by atoms with van der Waals surface area (Å²) in [5.41, 5.74) is 7.44. The van der Waals surface area contributed by atoms with Crippen molar-refractivity contribution in [3.63, 3.8) is 0 Å². The first-order chi connectivity index (χ1) is 14.0. The first-order valence-corrected chi connectivity index (χ1v) is 10.8. The van der Waals surface area contributed by atoms with Crippen LogP contribution < -0.4 is 0 Å². The SMILES string of the molecule is Cc1ccc(C[C@H](CCCCc2ccc(C=O)cc2)c2cccc(Cl)c2)cc1C. The zero-order valence-corrected chi connectivity index (χ0v) is 18.1. The molecule has 1 atom stereocenters. The highest BCUT2D eigenvalue weighted by atomic mass is 35.5. The van der Waals surface area contributed by atoms with Gasteiger partial charge in [0.15, 0.2) is 0 Å². The Labute approximate surface area is 179 Å².